The molecule has 3 aromatic rings. The molecule has 106 valence electrons. The molecule has 1 N–H and O–H groups in total. The molecule has 3 rings (SSSR count). The fourth-order valence-corrected chi connectivity index (χ4v) is 1.62. The highest BCUT2D eigenvalue weighted by Crippen LogP contribution is 2.15. The molecular formula is C15H13ClN4O. The van der Waals surface area contributed by atoms with Crippen molar-refractivity contribution in [3.63, 3.8) is 0 Å². The highest BCUT2D eigenvalue weighted by Gasteiger charge is 1.97. The van der Waals surface area contributed by atoms with Gasteiger partial charge >= 0.3 is 0 Å². The number of hydrogen-bond donors (Lipinski definition) is 1. The summed E-state index contributed by atoms with van der Waals surface area (Å²) in [4.78, 5) is 15.5. The van der Waals surface area contributed by atoms with E-state index in [0.717, 1.165) is 16.8 Å². The SMILES string of the molecule is Clc1cnccn1.OCc1ccc(-c2cnccn2)cc1. The first-order chi connectivity index (χ1) is 10.3. The maximum atomic E-state index is 8.87. The Kier molecular flexibility index (Phi) is 5.75. The molecule has 0 atom stereocenters. The number of aliphatic hydroxyl groups excluding tert-OH is 1. The first-order valence-corrected chi connectivity index (χ1v) is 6.55. The van der Waals surface area contributed by atoms with Crippen LogP contribution in [-0.2, 0) is 6.61 Å². The zero-order chi connectivity index (χ0) is 14.9. The standard InChI is InChI=1S/C11H10N2O.C4H3ClN2/c14-8-9-1-3-10(4-2-9)11-7-12-5-6-13-11;5-4-3-6-1-2-7-4/h1-7,14H,8H2;1-3H. The Morgan fingerprint density at radius 1 is 0.857 bits per heavy atom. The number of nitrogens with zero attached hydrogens (tertiary/aromatic N) is 4. The second-order valence-electron chi connectivity index (χ2n) is 3.97. The summed E-state index contributed by atoms with van der Waals surface area (Å²) in [6, 6.07) is 7.61. The molecule has 0 bridgehead atoms. The first-order valence-electron chi connectivity index (χ1n) is 6.17. The van der Waals surface area contributed by atoms with E-state index in [2.05, 4.69) is 19.9 Å². The first kappa shape index (κ1) is 15.0. The van der Waals surface area contributed by atoms with E-state index in [9.17, 15) is 0 Å². The highest BCUT2D eigenvalue weighted by molar-refractivity contribution is 6.29. The van der Waals surface area contributed by atoms with Gasteiger partial charge in [-0.3, -0.25) is 15.0 Å². The topological polar surface area (TPSA) is 71.8 Å². The number of rotatable bonds is 2. The number of halogens is 1. The van der Waals surface area contributed by atoms with Crippen molar-refractivity contribution in [1.29, 1.82) is 0 Å². The Hall–Kier alpha value is -2.37. The molecule has 1 aromatic carbocycles. The van der Waals surface area contributed by atoms with Gasteiger partial charge < -0.3 is 5.11 Å². The Bertz CT molecular complexity index is 648. The minimum absolute atomic E-state index is 0.0702. The van der Waals surface area contributed by atoms with E-state index in [4.69, 9.17) is 16.7 Å². The van der Waals surface area contributed by atoms with E-state index >= 15 is 0 Å². The lowest BCUT2D eigenvalue weighted by Crippen LogP contribution is -1.86. The molecule has 0 unspecified atom stereocenters. The second kappa shape index (κ2) is 8.04. The quantitative estimate of drug-likeness (QED) is 0.788. The van der Waals surface area contributed by atoms with Crippen molar-refractivity contribution >= 4 is 11.6 Å². The predicted molar refractivity (Wildman–Crippen MR) is 80.4 cm³/mol. The van der Waals surface area contributed by atoms with Gasteiger partial charge in [0.15, 0.2) is 0 Å². The van der Waals surface area contributed by atoms with Crippen molar-refractivity contribution in [3.8, 4) is 11.3 Å². The minimum Gasteiger partial charge on any atom is -0.392 e. The number of aromatic nitrogens is 4. The summed E-state index contributed by atoms with van der Waals surface area (Å²) in [5.41, 5.74) is 2.75. The van der Waals surface area contributed by atoms with Gasteiger partial charge in [0.1, 0.15) is 5.15 Å². The van der Waals surface area contributed by atoms with Gasteiger partial charge in [0.05, 0.1) is 24.7 Å². The lowest BCUT2D eigenvalue weighted by Gasteiger charge is -2.00. The van der Waals surface area contributed by atoms with Crippen LogP contribution in [-0.4, -0.2) is 25.0 Å². The summed E-state index contributed by atoms with van der Waals surface area (Å²) in [5, 5.41) is 9.30. The summed E-state index contributed by atoms with van der Waals surface area (Å²) >= 11 is 5.37. The maximum absolute atomic E-state index is 8.87. The molecule has 0 spiro atoms. The van der Waals surface area contributed by atoms with Crippen molar-refractivity contribution in [1.82, 2.24) is 19.9 Å². The lowest BCUT2D eigenvalue weighted by molar-refractivity contribution is 0.282. The van der Waals surface area contributed by atoms with Gasteiger partial charge in [-0.05, 0) is 5.56 Å². The van der Waals surface area contributed by atoms with E-state index in [1.54, 1.807) is 31.0 Å². The van der Waals surface area contributed by atoms with E-state index in [0.29, 0.717) is 5.15 Å². The summed E-state index contributed by atoms with van der Waals surface area (Å²) in [5.74, 6) is 0. The Morgan fingerprint density at radius 3 is 1.95 bits per heavy atom. The van der Waals surface area contributed by atoms with Crippen LogP contribution in [0.2, 0.25) is 5.15 Å². The van der Waals surface area contributed by atoms with Crippen molar-refractivity contribution in [2.45, 2.75) is 6.61 Å². The molecule has 0 radical (unpaired) electrons. The van der Waals surface area contributed by atoms with E-state index in [1.807, 2.05) is 24.3 Å². The molecule has 2 aromatic heterocycles. The Labute approximate surface area is 127 Å². The van der Waals surface area contributed by atoms with Crippen LogP contribution in [0.5, 0.6) is 0 Å². The van der Waals surface area contributed by atoms with Crippen LogP contribution in [0.15, 0.2) is 61.4 Å². The zero-order valence-corrected chi connectivity index (χ0v) is 11.9. The number of aliphatic hydroxyl groups is 1. The Balaban J connectivity index is 0.000000194. The monoisotopic (exact) mass is 300 g/mol. The van der Waals surface area contributed by atoms with E-state index in [1.165, 1.54) is 6.20 Å². The van der Waals surface area contributed by atoms with E-state index in [-0.39, 0.29) is 6.61 Å². The van der Waals surface area contributed by atoms with Crippen molar-refractivity contribution in [2.24, 2.45) is 0 Å². The number of hydrogen-bond acceptors (Lipinski definition) is 5. The van der Waals surface area contributed by atoms with Crippen LogP contribution < -0.4 is 0 Å². The molecule has 2 heterocycles. The summed E-state index contributed by atoms with van der Waals surface area (Å²) < 4.78 is 0. The predicted octanol–water partition coefficient (Wildman–Crippen LogP) is 2.77. The second-order valence-corrected chi connectivity index (χ2v) is 4.36. The molecule has 6 heteroatoms. The molecule has 5 nitrogen and oxygen atoms in total. The maximum Gasteiger partial charge on any atom is 0.147 e. The van der Waals surface area contributed by atoms with Crippen LogP contribution >= 0.6 is 11.6 Å². The third kappa shape index (κ3) is 4.91. The van der Waals surface area contributed by atoms with Crippen LogP contribution in [0.4, 0.5) is 0 Å². The van der Waals surface area contributed by atoms with Gasteiger partial charge in [0.2, 0.25) is 0 Å². The van der Waals surface area contributed by atoms with Gasteiger partial charge in [0.25, 0.3) is 0 Å². The fourth-order valence-electron chi connectivity index (χ4n) is 1.51. The molecule has 0 saturated heterocycles. The summed E-state index contributed by atoms with van der Waals surface area (Å²) in [6.07, 6.45) is 9.63. The molecule has 0 saturated carbocycles. The minimum atomic E-state index is 0.0702. The summed E-state index contributed by atoms with van der Waals surface area (Å²) in [7, 11) is 0. The summed E-state index contributed by atoms with van der Waals surface area (Å²) in [6.45, 7) is 0.0702. The van der Waals surface area contributed by atoms with Gasteiger partial charge in [-0.25, -0.2) is 4.98 Å². The van der Waals surface area contributed by atoms with Crippen molar-refractivity contribution in [2.75, 3.05) is 0 Å². The molecule has 21 heavy (non-hydrogen) atoms. The van der Waals surface area contributed by atoms with Gasteiger partial charge in [0, 0.05) is 30.4 Å². The van der Waals surface area contributed by atoms with Crippen molar-refractivity contribution < 1.29 is 5.11 Å². The molecule has 0 amide bonds. The third-order valence-electron chi connectivity index (χ3n) is 2.53. The largest absolute Gasteiger partial charge is 0.392 e. The van der Waals surface area contributed by atoms with Crippen LogP contribution in [0.3, 0.4) is 0 Å². The molecular weight excluding hydrogens is 288 g/mol. The lowest BCUT2D eigenvalue weighted by atomic mass is 10.1. The third-order valence-corrected chi connectivity index (χ3v) is 2.72. The molecule has 0 aliphatic heterocycles. The normalized spacial score (nSPS) is 9.62. The molecule has 0 aliphatic carbocycles. The zero-order valence-electron chi connectivity index (χ0n) is 11.1. The smallest absolute Gasteiger partial charge is 0.147 e. The average molecular weight is 301 g/mol. The molecule has 0 fully saturated rings. The van der Waals surface area contributed by atoms with Gasteiger partial charge in [-0.1, -0.05) is 35.9 Å². The van der Waals surface area contributed by atoms with Crippen molar-refractivity contribution in [3.05, 3.63) is 72.2 Å². The van der Waals surface area contributed by atoms with Crippen LogP contribution in [0.25, 0.3) is 11.3 Å². The van der Waals surface area contributed by atoms with Gasteiger partial charge in [-0.15, -0.1) is 0 Å². The van der Waals surface area contributed by atoms with Gasteiger partial charge in [-0.2, -0.15) is 0 Å². The fraction of sp³-hybridized carbons (Fsp3) is 0.0667. The highest BCUT2D eigenvalue weighted by atomic mass is 35.5. The number of benzene rings is 1. The average Bonchev–Trinajstić information content (AvgIpc) is 2.57. The van der Waals surface area contributed by atoms with E-state index < -0.39 is 0 Å². The Morgan fingerprint density at radius 2 is 1.52 bits per heavy atom. The van der Waals surface area contributed by atoms with Crippen LogP contribution in [0.1, 0.15) is 5.56 Å². The van der Waals surface area contributed by atoms with Crippen LogP contribution in [0, 0.1) is 0 Å². The molecule has 0 aliphatic rings.